The predicted octanol–water partition coefficient (Wildman–Crippen LogP) is 2.10. The molecule has 5 nitrogen and oxygen atoms in total. The van der Waals surface area contributed by atoms with Crippen LogP contribution < -0.4 is 4.74 Å². The summed E-state index contributed by atoms with van der Waals surface area (Å²) in [7, 11) is 1.69. The summed E-state index contributed by atoms with van der Waals surface area (Å²) >= 11 is 1.63. The van der Waals surface area contributed by atoms with Crippen molar-refractivity contribution in [2.45, 2.75) is 11.7 Å². The Balaban J connectivity index is 1.72. The Kier molecular flexibility index (Phi) is 5.71. The van der Waals surface area contributed by atoms with Crippen LogP contribution >= 0.6 is 11.8 Å². The van der Waals surface area contributed by atoms with Gasteiger partial charge in [0, 0.05) is 19.4 Å². The first-order valence-electron chi connectivity index (χ1n) is 6.07. The van der Waals surface area contributed by atoms with Crippen molar-refractivity contribution < 1.29 is 9.47 Å². The molecule has 1 aromatic carbocycles. The van der Waals surface area contributed by atoms with Crippen LogP contribution in [0.4, 0.5) is 0 Å². The van der Waals surface area contributed by atoms with E-state index in [4.69, 9.17) is 9.47 Å². The van der Waals surface area contributed by atoms with Gasteiger partial charge in [0.25, 0.3) is 0 Å². The molecular formula is C13H17N3O2S. The molecule has 0 aliphatic rings. The number of aromatic nitrogens is 3. The van der Waals surface area contributed by atoms with Crippen molar-refractivity contribution in [2.24, 2.45) is 0 Å². The Hall–Kier alpha value is -1.53. The summed E-state index contributed by atoms with van der Waals surface area (Å²) < 4.78 is 12.6. The SMILES string of the molecule is COCCn1cnnc1SCCOc1ccccc1. The maximum atomic E-state index is 5.62. The second kappa shape index (κ2) is 7.81. The summed E-state index contributed by atoms with van der Waals surface area (Å²) in [4.78, 5) is 0. The van der Waals surface area contributed by atoms with E-state index in [2.05, 4.69) is 10.2 Å². The summed E-state index contributed by atoms with van der Waals surface area (Å²) in [5.41, 5.74) is 0. The predicted molar refractivity (Wildman–Crippen MR) is 74.6 cm³/mol. The number of benzene rings is 1. The Morgan fingerprint density at radius 1 is 1.21 bits per heavy atom. The van der Waals surface area contributed by atoms with Crippen molar-refractivity contribution in [2.75, 3.05) is 26.1 Å². The van der Waals surface area contributed by atoms with Gasteiger partial charge in [-0.25, -0.2) is 0 Å². The highest BCUT2D eigenvalue weighted by Crippen LogP contribution is 2.15. The summed E-state index contributed by atoms with van der Waals surface area (Å²) in [6.45, 7) is 2.07. The van der Waals surface area contributed by atoms with Crippen molar-refractivity contribution in [3.05, 3.63) is 36.7 Å². The molecular weight excluding hydrogens is 262 g/mol. The van der Waals surface area contributed by atoms with Crippen LogP contribution in [-0.4, -0.2) is 40.8 Å². The Morgan fingerprint density at radius 2 is 2.05 bits per heavy atom. The highest BCUT2D eigenvalue weighted by molar-refractivity contribution is 7.99. The van der Waals surface area contributed by atoms with Gasteiger partial charge in [0.15, 0.2) is 5.16 Å². The van der Waals surface area contributed by atoms with Crippen molar-refractivity contribution >= 4 is 11.8 Å². The van der Waals surface area contributed by atoms with Gasteiger partial charge < -0.3 is 14.0 Å². The van der Waals surface area contributed by atoms with Gasteiger partial charge in [-0.3, -0.25) is 0 Å². The maximum absolute atomic E-state index is 5.62. The summed E-state index contributed by atoms with van der Waals surface area (Å²) in [5, 5.41) is 8.88. The number of rotatable bonds is 8. The second-order valence-corrected chi connectivity index (χ2v) is 4.87. The number of para-hydroxylation sites is 1. The lowest BCUT2D eigenvalue weighted by molar-refractivity contribution is 0.184. The van der Waals surface area contributed by atoms with Gasteiger partial charge >= 0.3 is 0 Å². The standard InChI is InChI=1S/C13H17N3O2S/c1-17-8-7-16-11-14-15-13(16)19-10-9-18-12-5-3-2-4-6-12/h2-6,11H,7-10H2,1H3. The number of methoxy groups -OCH3 is 1. The zero-order chi connectivity index (χ0) is 13.3. The number of hydrogen-bond acceptors (Lipinski definition) is 5. The average Bonchev–Trinajstić information content (AvgIpc) is 2.90. The molecule has 0 unspecified atom stereocenters. The van der Waals surface area contributed by atoms with E-state index in [9.17, 15) is 0 Å². The molecule has 2 rings (SSSR count). The van der Waals surface area contributed by atoms with Gasteiger partial charge in [-0.2, -0.15) is 0 Å². The maximum Gasteiger partial charge on any atom is 0.191 e. The third kappa shape index (κ3) is 4.57. The van der Waals surface area contributed by atoms with Crippen molar-refractivity contribution in [1.29, 1.82) is 0 Å². The van der Waals surface area contributed by atoms with Crippen LogP contribution in [-0.2, 0) is 11.3 Å². The molecule has 0 bridgehead atoms. The highest BCUT2D eigenvalue weighted by atomic mass is 32.2. The van der Waals surface area contributed by atoms with Crippen molar-refractivity contribution in [3.63, 3.8) is 0 Å². The monoisotopic (exact) mass is 279 g/mol. The van der Waals surface area contributed by atoms with E-state index in [-0.39, 0.29) is 0 Å². The molecule has 0 amide bonds. The first-order chi connectivity index (χ1) is 9.40. The molecule has 0 saturated carbocycles. The van der Waals surface area contributed by atoms with Gasteiger partial charge in [-0.1, -0.05) is 30.0 Å². The molecule has 1 aromatic heterocycles. The molecule has 6 heteroatoms. The normalized spacial score (nSPS) is 10.6. The number of ether oxygens (including phenoxy) is 2. The van der Waals surface area contributed by atoms with E-state index < -0.39 is 0 Å². The number of thioether (sulfide) groups is 1. The molecule has 2 aromatic rings. The Morgan fingerprint density at radius 3 is 2.84 bits per heavy atom. The fourth-order valence-electron chi connectivity index (χ4n) is 1.51. The molecule has 0 aliphatic heterocycles. The van der Waals surface area contributed by atoms with E-state index in [1.165, 1.54) is 0 Å². The summed E-state index contributed by atoms with van der Waals surface area (Å²) in [5.74, 6) is 1.73. The van der Waals surface area contributed by atoms with Crippen molar-refractivity contribution in [1.82, 2.24) is 14.8 Å². The van der Waals surface area contributed by atoms with E-state index in [0.29, 0.717) is 13.2 Å². The Labute approximate surface area is 116 Å². The molecule has 0 aliphatic carbocycles. The van der Waals surface area contributed by atoms with Crippen LogP contribution in [0.25, 0.3) is 0 Å². The molecule has 102 valence electrons. The van der Waals surface area contributed by atoms with Crippen LogP contribution in [0.2, 0.25) is 0 Å². The second-order valence-electron chi connectivity index (χ2n) is 3.81. The fraction of sp³-hybridized carbons (Fsp3) is 0.385. The minimum absolute atomic E-state index is 0.645. The molecule has 0 saturated heterocycles. The molecule has 0 radical (unpaired) electrons. The topological polar surface area (TPSA) is 49.2 Å². The number of nitrogens with zero attached hydrogens (tertiary/aromatic N) is 3. The highest BCUT2D eigenvalue weighted by Gasteiger charge is 2.04. The van der Waals surface area contributed by atoms with Gasteiger partial charge in [0.1, 0.15) is 12.1 Å². The van der Waals surface area contributed by atoms with Crippen LogP contribution in [0.3, 0.4) is 0 Å². The lowest BCUT2D eigenvalue weighted by Gasteiger charge is -2.07. The molecule has 0 spiro atoms. The van der Waals surface area contributed by atoms with Crippen LogP contribution in [0.1, 0.15) is 0 Å². The number of hydrogen-bond donors (Lipinski definition) is 0. The summed E-state index contributed by atoms with van der Waals surface area (Å²) in [6, 6.07) is 9.80. The van der Waals surface area contributed by atoms with Crippen LogP contribution in [0.15, 0.2) is 41.8 Å². The van der Waals surface area contributed by atoms with Gasteiger partial charge in [-0.15, -0.1) is 10.2 Å². The lowest BCUT2D eigenvalue weighted by Crippen LogP contribution is -2.06. The van der Waals surface area contributed by atoms with Crippen LogP contribution in [0.5, 0.6) is 5.75 Å². The zero-order valence-electron chi connectivity index (χ0n) is 10.9. The van der Waals surface area contributed by atoms with Crippen LogP contribution in [0, 0.1) is 0 Å². The third-order valence-electron chi connectivity index (χ3n) is 2.44. The molecule has 19 heavy (non-hydrogen) atoms. The van der Waals surface area contributed by atoms with Gasteiger partial charge in [0.05, 0.1) is 13.2 Å². The van der Waals surface area contributed by atoms with E-state index in [1.807, 2.05) is 34.9 Å². The van der Waals surface area contributed by atoms with E-state index in [0.717, 1.165) is 23.2 Å². The largest absolute Gasteiger partial charge is 0.493 e. The minimum Gasteiger partial charge on any atom is -0.493 e. The molecule has 0 fully saturated rings. The zero-order valence-corrected chi connectivity index (χ0v) is 11.7. The van der Waals surface area contributed by atoms with Crippen molar-refractivity contribution in [3.8, 4) is 5.75 Å². The van der Waals surface area contributed by atoms with E-state index >= 15 is 0 Å². The lowest BCUT2D eigenvalue weighted by atomic mass is 10.3. The van der Waals surface area contributed by atoms with Gasteiger partial charge in [-0.05, 0) is 12.1 Å². The Bertz CT molecular complexity index is 476. The average molecular weight is 279 g/mol. The molecule has 1 heterocycles. The molecule has 0 N–H and O–H groups in total. The fourth-order valence-corrected chi connectivity index (χ4v) is 2.27. The first kappa shape index (κ1) is 13.9. The van der Waals surface area contributed by atoms with Gasteiger partial charge in [0.2, 0.25) is 0 Å². The summed E-state index contributed by atoms with van der Waals surface area (Å²) in [6.07, 6.45) is 1.72. The third-order valence-corrected chi connectivity index (χ3v) is 3.39. The smallest absolute Gasteiger partial charge is 0.191 e. The quantitative estimate of drug-likeness (QED) is 0.547. The molecule has 0 atom stereocenters. The minimum atomic E-state index is 0.645. The van der Waals surface area contributed by atoms with E-state index in [1.54, 1.807) is 25.2 Å². The first-order valence-corrected chi connectivity index (χ1v) is 7.06.